The minimum absolute atomic E-state index is 0.0199. The van der Waals surface area contributed by atoms with E-state index in [1.165, 1.54) is 0 Å². The van der Waals surface area contributed by atoms with Crippen LogP contribution in [0.25, 0.3) is 11.0 Å². The Labute approximate surface area is 152 Å². The predicted octanol–water partition coefficient (Wildman–Crippen LogP) is 3.36. The summed E-state index contributed by atoms with van der Waals surface area (Å²) in [6, 6.07) is 5.49. The molecular formula is C19H25N3O4. The zero-order valence-corrected chi connectivity index (χ0v) is 15.4. The lowest BCUT2D eigenvalue weighted by Gasteiger charge is -2.51. The summed E-state index contributed by atoms with van der Waals surface area (Å²) >= 11 is 0. The fourth-order valence-electron chi connectivity index (χ4n) is 4.35. The Kier molecular flexibility index (Phi) is 3.95. The Balaban J connectivity index is 1.61. The summed E-state index contributed by atoms with van der Waals surface area (Å²) in [7, 11) is 0. The van der Waals surface area contributed by atoms with Crippen molar-refractivity contribution in [1.29, 1.82) is 0 Å². The number of aliphatic hydroxyl groups is 1. The summed E-state index contributed by atoms with van der Waals surface area (Å²) in [6.07, 6.45) is 3.55. The van der Waals surface area contributed by atoms with E-state index < -0.39 is 11.2 Å². The first-order valence-electron chi connectivity index (χ1n) is 9.22. The topological polar surface area (TPSA) is 88.7 Å². The van der Waals surface area contributed by atoms with Gasteiger partial charge in [-0.3, -0.25) is 0 Å². The van der Waals surface area contributed by atoms with Crippen molar-refractivity contribution in [2.24, 2.45) is 0 Å². The van der Waals surface area contributed by atoms with Gasteiger partial charge in [0, 0.05) is 24.9 Å². The molecule has 0 aliphatic carbocycles. The van der Waals surface area contributed by atoms with Crippen LogP contribution in [0, 0.1) is 0 Å². The third kappa shape index (κ3) is 3.05. The van der Waals surface area contributed by atoms with E-state index in [-0.39, 0.29) is 18.2 Å². The van der Waals surface area contributed by atoms with Gasteiger partial charge in [0.2, 0.25) is 0 Å². The molecule has 7 nitrogen and oxygen atoms in total. The monoisotopic (exact) mass is 359 g/mol. The first-order valence-corrected chi connectivity index (χ1v) is 9.22. The molecule has 1 N–H and O–H groups in total. The zero-order chi connectivity index (χ0) is 18.5. The lowest BCUT2D eigenvalue weighted by atomic mass is 9.72. The second-order valence-corrected chi connectivity index (χ2v) is 8.53. The third-order valence-corrected chi connectivity index (χ3v) is 5.40. The molecule has 0 radical (unpaired) electrons. The van der Waals surface area contributed by atoms with Gasteiger partial charge in [0.15, 0.2) is 0 Å². The quantitative estimate of drug-likeness (QED) is 0.840. The fraction of sp³-hybridized carbons (Fsp3) is 0.632. The van der Waals surface area contributed by atoms with Gasteiger partial charge in [-0.05, 0) is 68.0 Å². The van der Waals surface area contributed by atoms with Gasteiger partial charge >= 0.3 is 6.09 Å². The second-order valence-electron chi connectivity index (χ2n) is 8.53. The summed E-state index contributed by atoms with van der Waals surface area (Å²) in [6.45, 7) is 5.63. The van der Waals surface area contributed by atoms with Crippen molar-refractivity contribution < 1.29 is 19.3 Å². The number of hydrogen-bond donors (Lipinski definition) is 1. The van der Waals surface area contributed by atoms with E-state index in [9.17, 15) is 9.90 Å². The zero-order valence-electron chi connectivity index (χ0n) is 15.4. The van der Waals surface area contributed by atoms with Crippen molar-refractivity contribution in [3.8, 4) is 0 Å². The van der Waals surface area contributed by atoms with Crippen LogP contribution in [0.4, 0.5) is 4.79 Å². The van der Waals surface area contributed by atoms with Gasteiger partial charge < -0.3 is 14.7 Å². The van der Waals surface area contributed by atoms with Gasteiger partial charge in [-0.25, -0.2) is 9.42 Å². The Morgan fingerprint density at radius 1 is 1.23 bits per heavy atom. The summed E-state index contributed by atoms with van der Waals surface area (Å²) in [5.74, 6) is 0. The number of hydrogen-bond acceptors (Lipinski definition) is 6. The summed E-state index contributed by atoms with van der Waals surface area (Å²) in [5.41, 5.74) is 0.603. The SMILES string of the molecule is CC(C)(C)OC(=O)N1C2CCCC1CC(O)(c1ccc3nonc3c1)C2. The number of carbonyl (C=O) groups excluding carboxylic acids is 1. The highest BCUT2D eigenvalue weighted by Crippen LogP contribution is 2.45. The first kappa shape index (κ1) is 17.3. The van der Waals surface area contributed by atoms with Gasteiger partial charge in [-0.15, -0.1) is 0 Å². The Morgan fingerprint density at radius 3 is 2.54 bits per heavy atom. The number of carbonyl (C=O) groups is 1. The molecule has 4 rings (SSSR count). The lowest BCUT2D eigenvalue weighted by molar-refractivity contribution is -0.0964. The van der Waals surface area contributed by atoms with Gasteiger partial charge in [-0.1, -0.05) is 6.07 Å². The van der Waals surface area contributed by atoms with Gasteiger partial charge in [0.05, 0.1) is 5.60 Å². The molecule has 0 saturated carbocycles. The number of aromatic nitrogens is 2. The first-order chi connectivity index (χ1) is 12.3. The van der Waals surface area contributed by atoms with Crippen molar-refractivity contribution in [3.05, 3.63) is 23.8 Å². The number of amides is 1. The van der Waals surface area contributed by atoms with E-state index in [1.807, 2.05) is 43.9 Å². The van der Waals surface area contributed by atoms with Gasteiger partial charge in [-0.2, -0.15) is 0 Å². The molecule has 7 heteroatoms. The Bertz CT molecular complexity index is 812. The minimum atomic E-state index is -0.985. The average molecular weight is 359 g/mol. The molecule has 2 aliphatic heterocycles. The molecule has 2 bridgehead atoms. The molecule has 2 fully saturated rings. The number of benzene rings is 1. The number of fused-ring (bicyclic) bond motifs is 3. The van der Waals surface area contributed by atoms with Gasteiger partial charge in [0.1, 0.15) is 16.6 Å². The van der Waals surface area contributed by atoms with Crippen molar-refractivity contribution in [2.75, 3.05) is 0 Å². The minimum Gasteiger partial charge on any atom is -0.444 e. The Morgan fingerprint density at radius 2 is 1.88 bits per heavy atom. The van der Waals surface area contributed by atoms with Crippen LogP contribution in [0.5, 0.6) is 0 Å². The lowest BCUT2D eigenvalue weighted by Crippen LogP contribution is -2.59. The van der Waals surface area contributed by atoms with Crippen LogP contribution in [-0.2, 0) is 10.3 Å². The molecule has 2 aromatic rings. The molecular weight excluding hydrogens is 334 g/mol. The van der Waals surface area contributed by atoms with Crippen LogP contribution < -0.4 is 0 Å². The van der Waals surface area contributed by atoms with Crippen molar-refractivity contribution >= 4 is 17.1 Å². The van der Waals surface area contributed by atoms with Crippen LogP contribution in [0.1, 0.15) is 58.4 Å². The Hall–Kier alpha value is -2.15. The molecule has 2 saturated heterocycles. The van der Waals surface area contributed by atoms with E-state index in [1.54, 1.807) is 0 Å². The molecule has 1 aromatic carbocycles. The largest absolute Gasteiger partial charge is 0.444 e. The van der Waals surface area contributed by atoms with Crippen molar-refractivity contribution in [2.45, 2.75) is 76.2 Å². The maximum atomic E-state index is 12.7. The number of nitrogens with zero attached hydrogens (tertiary/aromatic N) is 3. The molecule has 2 atom stereocenters. The van der Waals surface area contributed by atoms with Crippen LogP contribution in [-0.4, -0.2) is 44.1 Å². The number of rotatable bonds is 1. The molecule has 2 unspecified atom stereocenters. The highest BCUT2D eigenvalue weighted by molar-refractivity contribution is 5.74. The number of ether oxygens (including phenoxy) is 1. The fourth-order valence-corrected chi connectivity index (χ4v) is 4.35. The summed E-state index contributed by atoms with van der Waals surface area (Å²) in [4.78, 5) is 14.6. The third-order valence-electron chi connectivity index (χ3n) is 5.40. The molecule has 2 aliphatic rings. The van der Waals surface area contributed by atoms with Crippen molar-refractivity contribution in [3.63, 3.8) is 0 Å². The van der Waals surface area contributed by atoms with Crippen LogP contribution >= 0.6 is 0 Å². The molecule has 0 spiro atoms. The predicted molar refractivity (Wildman–Crippen MR) is 94.4 cm³/mol. The van der Waals surface area contributed by atoms with E-state index in [4.69, 9.17) is 9.37 Å². The van der Waals surface area contributed by atoms with E-state index in [0.717, 1.165) is 24.8 Å². The molecule has 1 amide bonds. The molecule has 140 valence electrons. The molecule has 1 aromatic heterocycles. The van der Waals surface area contributed by atoms with Crippen LogP contribution in [0.15, 0.2) is 22.8 Å². The highest BCUT2D eigenvalue weighted by Gasteiger charge is 2.49. The smallest absolute Gasteiger partial charge is 0.410 e. The van der Waals surface area contributed by atoms with Crippen LogP contribution in [0.3, 0.4) is 0 Å². The average Bonchev–Trinajstić information content (AvgIpc) is 2.99. The maximum absolute atomic E-state index is 12.7. The summed E-state index contributed by atoms with van der Waals surface area (Å²) < 4.78 is 10.4. The summed E-state index contributed by atoms with van der Waals surface area (Å²) in [5, 5.41) is 19.1. The molecule has 26 heavy (non-hydrogen) atoms. The standard InChI is InChI=1S/C19H25N3O4/c1-18(2,3)25-17(23)22-13-5-4-6-14(22)11-19(24,10-13)12-7-8-15-16(9-12)21-26-20-15/h7-9,13-14,24H,4-6,10-11H2,1-3H3. The van der Waals surface area contributed by atoms with Crippen LogP contribution in [0.2, 0.25) is 0 Å². The van der Waals surface area contributed by atoms with E-state index in [2.05, 4.69) is 10.3 Å². The maximum Gasteiger partial charge on any atom is 0.410 e. The van der Waals surface area contributed by atoms with E-state index >= 15 is 0 Å². The van der Waals surface area contributed by atoms with E-state index in [0.29, 0.717) is 23.9 Å². The highest BCUT2D eigenvalue weighted by atomic mass is 16.6. The van der Waals surface area contributed by atoms with Gasteiger partial charge in [0.25, 0.3) is 0 Å². The second kappa shape index (κ2) is 5.94. The van der Waals surface area contributed by atoms with Crippen molar-refractivity contribution in [1.82, 2.24) is 15.2 Å². The molecule has 3 heterocycles. The normalized spacial score (nSPS) is 29.0. The number of piperidine rings is 2.